The third-order valence-electron chi connectivity index (χ3n) is 5.30. The Morgan fingerprint density at radius 2 is 2.00 bits per heavy atom. The van der Waals surface area contributed by atoms with Crippen LogP contribution in [0, 0.1) is 17.8 Å². The minimum absolute atomic E-state index is 0.00870. The van der Waals surface area contributed by atoms with E-state index in [0.717, 1.165) is 24.2 Å². The molecule has 28 heavy (non-hydrogen) atoms. The molecule has 0 radical (unpaired) electrons. The number of esters is 1. The van der Waals surface area contributed by atoms with Crippen LogP contribution in [-0.2, 0) is 9.53 Å². The van der Waals surface area contributed by atoms with E-state index in [1.165, 1.54) is 18.2 Å². The number of methoxy groups -OCH3 is 1. The average Bonchev–Trinajstić information content (AvgIpc) is 3.15. The Morgan fingerprint density at radius 1 is 1.25 bits per heavy atom. The molecular formula is C21H28N2O4S. The van der Waals surface area contributed by atoms with Gasteiger partial charge in [-0.15, -0.1) is 10.2 Å². The van der Waals surface area contributed by atoms with Crippen molar-refractivity contribution >= 4 is 17.7 Å². The Hall–Kier alpha value is -2.02. The van der Waals surface area contributed by atoms with Crippen LogP contribution in [0.3, 0.4) is 0 Å². The summed E-state index contributed by atoms with van der Waals surface area (Å²) >= 11 is 1.21. The number of hydrogen-bond acceptors (Lipinski definition) is 7. The van der Waals surface area contributed by atoms with Crippen LogP contribution in [0.2, 0.25) is 0 Å². The number of benzene rings is 1. The van der Waals surface area contributed by atoms with Crippen molar-refractivity contribution in [1.82, 2.24) is 10.2 Å². The highest BCUT2D eigenvalue weighted by Gasteiger charge is 2.33. The van der Waals surface area contributed by atoms with E-state index in [2.05, 4.69) is 31.0 Å². The molecule has 1 aromatic heterocycles. The van der Waals surface area contributed by atoms with Crippen LogP contribution in [0.25, 0.3) is 11.5 Å². The molecule has 1 saturated carbocycles. The van der Waals surface area contributed by atoms with Gasteiger partial charge >= 0.3 is 5.97 Å². The zero-order chi connectivity index (χ0) is 20.1. The summed E-state index contributed by atoms with van der Waals surface area (Å²) in [6.07, 6.45) is 3.29. The third-order valence-corrected chi connectivity index (χ3v) is 6.09. The maximum absolute atomic E-state index is 12.4. The van der Waals surface area contributed by atoms with Crippen LogP contribution >= 0.6 is 11.8 Å². The molecule has 0 unspecified atom stereocenters. The van der Waals surface area contributed by atoms with Gasteiger partial charge in [0.25, 0.3) is 5.22 Å². The van der Waals surface area contributed by atoms with Gasteiger partial charge in [0.1, 0.15) is 17.6 Å². The number of carbonyl (C=O) groups excluding carboxylic acids is 1. The van der Waals surface area contributed by atoms with Gasteiger partial charge in [-0.2, -0.15) is 0 Å². The minimum Gasteiger partial charge on any atom is -0.497 e. The molecule has 1 fully saturated rings. The lowest BCUT2D eigenvalue weighted by atomic mass is 9.75. The van der Waals surface area contributed by atoms with E-state index in [0.29, 0.717) is 28.9 Å². The number of rotatable bonds is 7. The predicted molar refractivity (Wildman–Crippen MR) is 108 cm³/mol. The van der Waals surface area contributed by atoms with E-state index in [1.807, 2.05) is 24.3 Å². The van der Waals surface area contributed by atoms with Gasteiger partial charge in [-0.05, 0) is 54.9 Å². The summed E-state index contributed by atoms with van der Waals surface area (Å²) in [5.41, 5.74) is 0.804. The summed E-state index contributed by atoms with van der Waals surface area (Å²) in [5.74, 6) is 2.68. The van der Waals surface area contributed by atoms with Crippen LogP contribution in [0.5, 0.6) is 5.75 Å². The van der Waals surface area contributed by atoms with Crippen molar-refractivity contribution < 1.29 is 18.7 Å². The van der Waals surface area contributed by atoms with Crippen LogP contribution in [0.4, 0.5) is 0 Å². The Morgan fingerprint density at radius 3 is 2.68 bits per heavy atom. The number of aromatic nitrogens is 2. The highest BCUT2D eigenvalue weighted by Crippen LogP contribution is 2.35. The number of thioether (sulfide) groups is 1. The number of nitrogens with zero attached hydrogens (tertiary/aromatic N) is 2. The molecule has 0 saturated heterocycles. The lowest BCUT2D eigenvalue weighted by molar-refractivity contribution is -0.152. The first-order chi connectivity index (χ1) is 13.5. The average molecular weight is 405 g/mol. The summed E-state index contributed by atoms with van der Waals surface area (Å²) in [6.45, 7) is 6.63. The molecule has 7 heteroatoms. The fraction of sp³-hybridized carbons (Fsp3) is 0.571. The van der Waals surface area contributed by atoms with Gasteiger partial charge in [-0.1, -0.05) is 39.0 Å². The van der Waals surface area contributed by atoms with E-state index in [4.69, 9.17) is 13.9 Å². The first-order valence-corrected chi connectivity index (χ1v) is 10.7. The maximum Gasteiger partial charge on any atom is 0.316 e. The Labute approximate surface area is 170 Å². The van der Waals surface area contributed by atoms with Gasteiger partial charge in [0, 0.05) is 5.56 Å². The molecule has 1 aliphatic rings. The van der Waals surface area contributed by atoms with Gasteiger partial charge in [0.05, 0.1) is 7.11 Å². The molecule has 0 N–H and O–H groups in total. The molecular weight excluding hydrogens is 376 g/mol. The van der Waals surface area contributed by atoms with Gasteiger partial charge < -0.3 is 13.9 Å². The van der Waals surface area contributed by atoms with E-state index in [9.17, 15) is 4.79 Å². The predicted octanol–water partition coefficient (Wildman–Crippen LogP) is 4.84. The van der Waals surface area contributed by atoms with E-state index >= 15 is 0 Å². The molecule has 3 atom stereocenters. The number of hydrogen-bond donors (Lipinski definition) is 0. The van der Waals surface area contributed by atoms with Crippen LogP contribution < -0.4 is 4.74 Å². The highest BCUT2D eigenvalue weighted by molar-refractivity contribution is 7.99. The zero-order valence-corrected chi connectivity index (χ0v) is 17.7. The van der Waals surface area contributed by atoms with Gasteiger partial charge in [-0.25, -0.2) is 0 Å². The van der Waals surface area contributed by atoms with E-state index in [-0.39, 0.29) is 17.8 Å². The van der Waals surface area contributed by atoms with Gasteiger partial charge in [-0.3, -0.25) is 4.79 Å². The monoisotopic (exact) mass is 404 g/mol. The lowest BCUT2D eigenvalue weighted by Gasteiger charge is -2.36. The van der Waals surface area contributed by atoms with Crippen molar-refractivity contribution in [2.45, 2.75) is 51.4 Å². The smallest absolute Gasteiger partial charge is 0.316 e. The summed E-state index contributed by atoms with van der Waals surface area (Å²) in [7, 11) is 1.62. The molecule has 3 rings (SSSR count). The Kier molecular flexibility index (Phi) is 6.99. The normalized spacial score (nSPS) is 22.2. The zero-order valence-electron chi connectivity index (χ0n) is 16.9. The summed E-state index contributed by atoms with van der Waals surface area (Å²) in [6, 6.07) is 7.37. The molecule has 2 aromatic rings. The molecule has 0 amide bonds. The Bertz CT molecular complexity index is 775. The van der Waals surface area contributed by atoms with E-state index < -0.39 is 0 Å². The fourth-order valence-corrected chi connectivity index (χ4v) is 4.24. The van der Waals surface area contributed by atoms with Crippen molar-refractivity contribution in [3.8, 4) is 17.2 Å². The second-order valence-electron chi connectivity index (χ2n) is 7.74. The van der Waals surface area contributed by atoms with Crippen molar-refractivity contribution in [3.05, 3.63) is 24.3 Å². The molecule has 0 aliphatic heterocycles. The summed E-state index contributed by atoms with van der Waals surface area (Å²) in [4.78, 5) is 12.4. The largest absolute Gasteiger partial charge is 0.497 e. The van der Waals surface area contributed by atoms with Crippen molar-refractivity contribution in [3.63, 3.8) is 0 Å². The van der Waals surface area contributed by atoms with Crippen molar-refractivity contribution in [2.24, 2.45) is 17.8 Å². The number of ether oxygens (including phenoxy) is 2. The Balaban J connectivity index is 1.53. The quantitative estimate of drug-likeness (QED) is 0.483. The van der Waals surface area contributed by atoms with Crippen molar-refractivity contribution in [1.29, 1.82) is 0 Å². The first-order valence-electron chi connectivity index (χ1n) is 9.76. The summed E-state index contributed by atoms with van der Waals surface area (Å²) < 4.78 is 16.6. The van der Waals surface area contributed by atoms with Crippen LogP contribution in [0.1, 0.15) is 40.0 Å². The SMILES string of the molecule is COc1ccc(-c2nnc(SCC(=O)O[C@@H]3C[C@@H](C)CC[C@@H]3C(C)C)o2)cc1. The molecule has 0 bridgehead atoms. The minimum atomic E-state index is -0.223. The maximum atomic E-state index is 12.4. The molecule has 6 nitrogen and oxygen atoms in total. The topological polar surface area (TPSA) is 74.5 Å². The molecule has 152 valence electrons. The lowest BCUT2D eigenvalue weighted by Crippen LogP contribution is -2.36. The molecule has 1 heterocycles. The first kappa shape index (κ1) is 20.7. The highest BCUT2D eigenvalue weighted by atomic mass is 32.2. The van der Waals surface area contributed by atoms with Gasteiger partial charge in [0.15, 0.2) is 0 Å². The third kappa shape index (κ3) is 5.28. The number of carbonyl (C=O) groups is 1. The fourth-order valence-electron chi connectivity index (χ4n) is 3.69. The van der Waals surface area contributed by atoms with Crippen molar-refractivity contribution in [2.75, 3.05) is 12.9 Å². The molecule has 1 aliphatic carbocycles. The van der Waals surface area contributed by atoms with Crippen LogP contribution in [0.15, 0.2) is 33.9 Å². The van der Waals surface area contributed by atoms with Crippen LogP contribution in [-0.4, -0.2) is 35.1 Å². The van der Waals surface area contributed by atoms with Gasteiger partial charge in [0.2, 0.25) is 5.89 Å². The second-order valence-corrected chi connectivity index (χ2v) is 8.67. The van der Waals surface area contributed by atoms with E-state index in [1.54, 1.807) is 7.11 Å². The standard InChI is InChI=1S/C21H28N2O4S/c1-13(2)17-10-5-14(3)11-18(17)26-19(24)12-28-21-23-22-20(27-21)15-6-8-16(25-4)9-7-15/h6-9,13-14,17-18H,5,10-12H2,1-4H3/t14-,17+,18+/m0/s1. The second kappa shape index (κ2) is 9.45. The summed E-state index contributed by atoms with van der Waals surface area (Å²) in [5, 5.41) is 8.43. The molecule has 1 aromatic carbocycles. The molecule has 0 spiro atoms.